The Morgan fingerprint density at radius 3 is 2.85 bits per heavy atom. The number of carbonyl (C=O) groups excluding carboxylic acids is 1. The molecule has 0 spiro atoms. The van der Waals surface area contributed by atoms with Gasteiger partial charge in [-0.15, -0.1) is 0 Å². The van der Waals surface area contributed by atoms with Crippen LogP contribution in [-0.2, 0) is 6.54 Å². The third-order valence-electron chi connectivity index (χ3n) is 3.40. The first-order chi connectivity index (χ1) is 9.67. The van der Waals surface area contributed by atoms with E-state index in [1.54, 1.807) is 4.90 Å². The Kier molecular flexibility index (Phi) is 4.89. The van der Waals surface area contributed by atoms with Gasteiger partial charge in [-0.05, 0) is 25.3 Å². The predicted molar refractivity (Wildman–Crippen MR) is 74.5 cm³/mol. The summed E-state index contributed by atoms with van der Waals surface area (Å²) in [6.45, 7) is 2.83. The van der Waals surface area contributed by atoms with Gasteiger partial charge in [0.25, 0.3) is 11.5 Å². The molecule has 1 fully saturated rings. The number of aromatic nitrogens is 2. The van der Waals surface area contributed by atoms with E-state index in [1.165, 1.54) is 16.8 Å². The zero-order valence-electron chi connectivity index (χ0n) is 11.8. The lowest BCUT2D eigenvalue weighted by atomic mass is 10.3. The van der Waals surface area contributed by atoms with Crippen molar-refractivity contribution in [2.24, 2.45) is 0 Å². The second-order valence-electron chi connectivity index (χ2n) is 5.09. The number of carbonyl (C=O) groups is 1. The number of nitrogens with zero attached hydrogens (tertiary/aromatic N) is 3. The minimum Gasteiger partial charge on any atom is -0.395 e. The van der Waals surface area contributed by atoms with Gasteiger partial charge in [0.1, 0.15) is 5.69 Å². The predicted octanol–water partition coefficient (Wildman–Crippen LogP) is 0.640. The van der Waals surface area contributed by atoms with Crippen LogP contribution in [0, 0.1) is 0 Å². The molecule has 1 aromatic heterocycles. The van der Waals surface area contributed by atoms with Crippen LogP contribution in [0.5, 0.6) is 0 Å². The maximum absolute atomic E-state index is 12.4. The molecule has 2 rings (SSSR count). The Bertz CT molecular complexity index is 523. The molecule has 0 atom stereocenters. The van der Waals surface area contributed by atoms with Gasteiger partial charge in [-0.25, -0.2) is 4.68 Å². The largest absolute Gasteiger partial charge is 0.395 e. The molecule has 1 aliphatic carbocycles. The number of aliphatic hydroxyl groups excluding tert-OH is 1. The highest BCUT2D eigenvalue weighted by molar-refractivity contribution is 5.92. The summed E-state index contributed by atoms with van der Waals surface area (Å²) < 4.78 is 1.35. The monoisotopic (exact) mass is 279 g/mol. The Hall–Kier alpha value is -1.69. The summed E-state index contributed by atoms with van der Waals surface area (Å²) in [6.07, 6.45) is 3.76. The summed E-state index contributed by atoms with van der Waals surface area (Å²) in [6, 6.07) is 3.08. The number of hydrogen-bond donors (Lipinski definition) is 1. The Morgan fingerprint density at radius 1 is 1.50 bits per heavy atom. The Labute approximate surface area is 118 Å². The first kappa shape index (κ1) is 14.7. The van der Waals surface area contributed by atoms with Crippen molar-refractivity contribution in [2.75, 3.05) is 13.2 Å². The molecule has 0 aromatic carbocycles. The van der Waals surface area contributed by atoms with Crippen molar-refractivity contribution >= 4 is 5.91 Å². The molecule has 1 aliphatic rings. The zero-order chi connectivity index (χ0) is 14.5. The smallest absolute Gasteiger partial charge is 0.274 e. The molecule has 6 nitrogen and oxygen atoms in total. The van der Waals surface area contributed by atoms with Crippen LogP contribution in [0.1, 0.15) is 43.1 Å². The average molecular weight is 279 g/mol. The molecule has 1 saturated carbocycles. The van der Waals surface area contributed by atoms with Gasteiger partial charge >= 0.3 is 0 Å². The van der Waals surface area contributed by atoms with E-state index in [0.717, 1.165) is 25.7 Å². The summed E-state index contributed by atoms with van der Waals surface area (Å²) in [7, 11) is 0. The van der Waals surface area contributed by atoms with Crippen molar-refractivity contribution in [1.29, 1.82) is 0 Å². The molecule has 20 heavy (non-hydrogen) atoms. The van der Waals surface area contributed by atoms with E-state index in [9.17, 15) is 9.59 Å². The molecule has 0 saturated heterocycles. The van der Waals surface area contributed by atoms with Crippen molar-refractivity contribution in [3.05, 3.63) is 28.2 Å². The fourth-order valence-electron chi connectivity index (χ4n) is 2.12. The minimum absolute atomic E-state index is 0.0578. The molecule has 1 amide bonds. The Morgan fingerprint density at radius 2 is 2.25 bits per heavy atom. The molecule has 0 bridgehead atoms. The third kappa shape index (κ3) is 3.45. The number of aliphatic hydroxyl groups is 1. The van der Waals surface area contributed by atoms with E-state index in [4.69, 9.17) is 5.11 Å². The normalized spacial score (nSPS) is 14.3. The fraction of sp³-hybridized carbons (Fsp3) is 0.643. The molecule has 1 heterocycles. The van der Waals surface area contributed by atoms with E-state index in [2.05, 4.69) is 5.10 Å². The topological polar surface area (TPSA) is 75.4 Å². The van der Waals surface area contributed by atoms with Crippen molar-refractivity contribution in [3.63, 3.8) is 0 Å². The maximum atomic E-state index is 12.4. The van der Waals surface area contributed by atoms with Crippen LogP contribution < -0.4 is 5.56 Å². The summed E-state index contributed by atoms with van der Waals surface area (Å²) in [5, 5.41) is 13.2. The van der Waals surface area contributed by atoms with Gasteiger partial charge in [-0.2, -0.15) is 5.10 Å². The molecule has 6 heteroatoms. The van der Waals surface area contributed by atoms with Gasteiger partial charge in [-0.1, -0.05) is 13.3 Å². The van der Waals surface area contributed by atoms with Crippen molar-refractivity contribution in [2.45, 2.75) is 45.2 Å². The first-order valence-electron chi connectivity index (χ1n) is 7.17. The maximum Gasteiger partial charge on any atom is 0.274 e. The quantitative estimate of drug-likeness (QED) is 0.794. The van der Waals surface area contributed by atoms with Crippen LogP contribution in [0.25, 0.3) is 0 Å². The molecular formula is C14H21N3O3. The van der Waals surface area contributed by atoms with E-state index in [1.807, 2.05) is 6.92 Å². The fourth-order valence-corrected chi connectivity index (χ4v) is 2.12. The van der Waals surface area contributed by atoms with E-state index in [-0.39, 0.29) is 29.8 Å². The summed E-state index contributed by atoms with van der Waals surface area (Å²) in [5.74, 6) is -0.202. The minimum atomic E-state index is -0.202. The van der Waals surface area contributed by atoms with Crippen LogP contribution >= 0.6 is 0 Å². The third-order valence-corrected chi connectivity index (χ3v) is 3.40. The zero-order valence-corrected chi connectivity index (χ0v) is 11.8. The van der Waals surface area contributed by atoms with E-state index >= 15 is 0 Å². The van der Waals surface area contributed by atoms with Gasteiger partial charge in [0.2, 0.25) is 0 Å². The summed E-state index contributed by atoms with van der Waals surface area (Å²) in [5.41, 5.74) is 0.0937. The van der Waals surface area contributed by atoms with Gasteiger partial charge in [0.05, 0.1) is 6.61 Å². The highest BCUT2D eigenvalue weighted by atomic mass is 16.3. The number of amides is 1. The highest BCUT2D eigenvalue weighted by Gasteiger charge is 2.33. The highest BCUT2D eigenvalue weighted by Crippen LogP contribution is 2.27. The molecule has 1 N–H and O–H groups in total. The second-order valence-corrected chi connectivity index (χ2v) is 5.09. The molecule has 110 valence electrons. The lowest BCUT2D eigenvalue weighted by Gasteiger charge is -2.21. The lowest BCUT2D eigenvalue weighted by Crippen LogP contribution is -2.37. The van der Waals surface area contributed by atoms with Gasteiger partial charge in [-0.3, -0.25) is 9.59 Å². The van der Waals surface area contributed by atoms with Crippen LogP contribution in [-0.4, -0.2) is 44.9 Å². The summed E-state index contributed by atoms with van der Waals surface area (Å²) in [4.78, 5) is 25.7. The van der Waals surface area contributed by atoms with Crippen LogP contribution in [0.4, 0.5) is 0 Å². The molecule has 0 aliphatic heterocycles. The number of rotatable bonds is 7. The molecular weight excluding hydrogens is 258 g/mol. The molecule has 1 aromatic rings. The van der Waals surface area contributed by atoms with E-state index in [0.29, 0.717) is 13.1 Å². The van der Waals surface area contributed by atoms with Gasteiger partial charge in [0.15, 0.2) is 0 Å². The van der Waals surface area contributed by atoms with Crippen molar-refractivity contribution in [3.8, 4) is 0 Å². The SMILES string of the molecule is CCCCn1nc(C(=O)N(CCO)C2CC2)ccc1=O. The van der Waals surface area contributed by atoms with Crippen LogP contribution in [0.2, 0.25) is 0 Å². The van der Waals surface area contributed by atoms with Crippen LogP contribution in [0.3, 0.4) is 0 Å². The number of aryl methyl sites for hydroxylation is 1. The summed E-state index contributed by atoms with van der Waals surface area (Å²) >= 11 is 0. The molecule has 0 radical (unpaired) electrons. The average Bonchev–Trinajstić information content (AvgIpc) is 3.27. The second kappa shape index (κ2) is 6.65. The Balaban J connectivity index is 2.18. The van der Waals surface area contributed by atoms with E-state index < -0.39 is 0 Å². The first-order valence-corrected chi connectivity index (χ1v) is 7.17. The lowest BCUT2D eigenvalue weighted by molar-refractivity contribution is 0.0698. The van der Waals surface area contributed by atoms with Gasteiger partial charge in [0, 0.05) is 25.2 Å². The number of unbranched alkanes of at least 4 members (excludes halogenated alkanes) is 1. The molecule has 0 unspecified atom stereocenters. The van der Waals surface area contributed by atoms with Gasteiger partial charge < -0.3 is 10.0 Å². The van der Waals surface area contributed by atoms with Crippen molar-refractivity contribution < 1.29 is 9.90 Å². The number of hydrogen-bond acceptors (Lipinski definition) is 4. The van der Waals surface area contributed by atoms with Crippen LogP contribution in [0.15, 0.2) is 16.9 Å². The van der Waals surface area contributed by atoms with Crippen molar-refractivity contribution in [1.82, 2.24) is 14.7 Å². The standard InChI is InChI=1S/C14H21N3O3/c1-2-3-8-17-13(19)7-6-12(15-17)14(20)16(9-10-18)11-4-5-11/h6-7,11,18H,2-5,8-10H2,1H3.